The Labute approximate surface area is 179 Å². The second-order valence-electron chi connectivity index (χ2n) is 6.85. The number of amides is 1. The van der Waals surface area contributed by atoms with Crippen molar-refractivity contribution >= 4 is 49.1 Å². The van der Waals surface area contributed by atoms with E-state index in [4.69, 9.17) is 0 Å². The summed E-state index contributed by atoms with van der Waals surface area (Å²) in [7, 11) is -3.50. The number of aromatic nitrogens is 1. The number of carbonyl (C=O) groups excluding carboxylic acids is 1. The Hall–Kier alpha value is -1.90. The van der Waals surface area contributed by atoms with Gasteiger partial charge in [-0.25, -0.2) is 8.42 Å². The quantitative estimate of drug-likeness (QED) is 0.548. The predicted molar refractivity (Wildman–Crippen MR) is 121 cm³/mol. The van der Waals surface area contributed by atoms with Crippen molar-refractivity contribution < 1.29 is 13.2 Å². The molecule has 5 nitrogen and oxygen atoms in total. The number of benzene rings is 2. The van der Waals surface area contributed by atoms with Gasteiger partial charge in [-0.05, 0) is 49.4 Å². The summed E-state index contributed by atoms with van der Waals surface area (Å²) in [5.41, 5.74) is 3.39. The van der Waals surface area contributed by atoms with Crippen molar-refractivity contribution in [2.24, 2.45) is 4.99 Å². The Morgan fingerprint density at radius 3 is 2.59 bits per heavy atom. The monoisotopic (exact) mass is 448 g/mol. The van der Waals surface area contributed by atoms with Gasteiger partial charge in [-0.3, -0.25) is 4.79 Å². The standard InChI is InChI=1S/C21H24N2O3S3/c1-15-13-16(2)20-18(14-15)23(10-11-27-3)21(28-20)22-19(24)9-12-29(25,26)17-7-5-4-6-8-17/h4-8,13-14H,9-12H2,1-3H3. The van der Waals surface area contributed by atoms with Gasteiger partial charge in [0.15, 0.2) is 14.6 Å². The van der Waals surface area contributed by atoms with Gasteiger partial charge in [0.05, 0.1) is 20.9 Å². The molecule has 8 heteroatoms. The fourth-order valence-corrected chi connectivity index (χ4v) is 5.87. The highest BCUT2D eigenvalue weighted by atomic mass is 32.2. The SMILES string of the molecule is CSCCn1c(=NC(=O)CCS(=O)(=O)c2ccccc2)sc2c(C)cc(C)cc21. The molecular formula is C21H24N2O3S3. The number of thiazole rings is 1. The number of carbonyl (C=O) groups is 1. The molecule has 0 unspecified atom stereocenters. The zero-order valence-corrected chi connectivity index (χ0v) is 19.2. The molecule has 0 radical (unpaired) electrons. The van der Waals surface area contributed by atoms with E-state index in [9.17, 15) is 13.2 Å². The molecule has 0 aliphatic rings. The van der Waals surface area contributed by atoms with Crippen LogP contribution >= 0.6 is 23.1 Å². The molecule has 0 fully saturated rings. The van der Waals surface area contributed by atoms with Gasteiger partial charge in [0.25, 0.3) is 0 Å². The highest BCUT2D eigenvalue weighted by Crippen LogP contribution is 2.23. The number of nitrogens with zero attached hydrogens (tertiary/aromatic N) is 2. The van der Waals surface area contributed by atoms with E-state index in [0.29, 0.717) is 4.80 Å². The summed E-state index contributed by atoms with van der Waals surface area (Å²) in [5.74, 6) is 0.249. The molecule has 3 aromatic rings. The first-order chi connectivity index (χ1) is 13.8. The molecule has 1 aromatic heterocycles. The van der Waals surface area contributed by atoms with Crippen LogP contribution in [0.5, 0.6) is 0 Å². The summed E-state index contributed by atoms with van der Waals surface area (Å²) in [5, 5.41) is 0. The summed E-state index contributed by atoms with van der Waals surface area (Å²) in [6, 6.07) is 12.4. The van der Waals surface area contributed by atoms with Gasteiger partial charge >= 0.3 is 0 Å². The first-order valence-electron chi connectivity index (χ1n) is 9.27. The molecule has 1 heterocycles. The lowest BCUT2D eigenvalue weighted by molar-refractivity contribution is -0.117. The van der Waals surface area contributed by atoms with Crippen molar-refractivity contribution in [3.63, 3.8) is 0 Å². The molecule has 0 aliphatic carbocycles. The number of hydrogen-bond acceptors (Lipinski definition) is 5. The molecule has 0 saturated heterocycles. The molecule has 0 spiro atoms. The lowest BCUT2D eigenvalue weighted by atomic mass is 10.1. The van der Waals surface area contributed by atoms with Crippen molar-refractivity contribution in [3.05, 3.63) is 58.4 Å². The fourth-order valence-electron chi connectivity index (χ4n) is 3.13. The smallest absolute Gasteiger partial charge is 0.249 e. The third-order valence-electron chi connectivity index (χ3n) is 4.54. The molecule has 0 N–H and O–H groups in total. The maximum Gasteiger partial charge on any atom is 0.249 e. The lowest BCUT2D eigenvalue weighted by Crippen LogP contribution is -2.19. The van der Waals surface area contributed by atoms with E-state index >= 15 is 0 Å². The van der Waals surface area contributed by atoms with Crippen LogP contribution in [0.25, 0.3) is 10.2 Å². The van der Waals surface area contributed by atoms with E-state index in [0.717, 1.165) is 33.6 Å². The third-order valence-corrected chi connectivity index (χ3v) is 8.09. The normalized spacial score (nSPS) is 12.6. The molecule has 154 valence electrons. The predicted octanol–water partition coefficient (Wildman–Crippen LogP) is 3.97. The second-order valence-corrected chi connectivity index (χ2v) is 10.9. The number of thioether (sulfide) groups is 1. The van der Waals surface area contributed by atoms with E-state index < -0.39 is 15.7 Å². The van der Waals surface area contributed by atoms with Crippen LogP contribution in [-0.2, 0) is 21.2 Å². The van der Waals surface area contributed by atoms with Gasteiger partial charge in [-0.2, -0.15) is 16.8 Å². The molecule has 0 atom stereocenters. The highest BCUT2D eigenvalue weighted by molar-refractivity contribution is 7.98. The summed E-state index contributed by atoms with van der Waals surface area (Å²) < 4.78 is 28.0. The van der Waals surface area contributed by atoms with Crippen LogP contribution in [0.1, 0.15) is 17.5 Å². The van der Waals surface area contributed by atoms with Gasteiger partial charge in [-0.15, -0.1) is 0 Å². The van der Waals surface area contributed by atoms with Crippen LogP contribution in [0.3, 0.4) is 0 Å². The van der Waals surface area contributed by atoms with Gasteiger partial charge in [0.1, 0.15) is 0 Å². The number of hydrogen-bond donors (Lipinski definition) is 0. The van der Waals surface area contributed by atoms with Crippen molar-refractivity contribution in [2.45, 2.75) is 31.7 Å². The van der Waals surface area contributed by atoms with E-state index in [2.05, 4.69) is 35.5 Å². The van der Waals surface area contributed by atoms with E-state index in [1.807, 2.05) is 6.26 Å². The van der Waals surface area contributed by atoms with Crippen LogP contribution in [0.2, 0.25) is 0 Å². The molecule has 0 saturated carbocycles. The highest BCUT2D eigenvalue weighted by Gasteiger charge is 2.16. The van der Waals surface area contributed by atoms with Crippen molar-refractivity contribution in [1.82, 2.24) is 4.57 Å². The van der Waals surface area contributed by atoms with Gasteiger partial charge in [0, 0.05) is 18.7 Å². The van der Waals surface area contributed by atoms with Gasteiger partial charge in [-0.1, -0.05) is 35.6 Å². The maximum atomic E-state index is 12.5. The Morgan fingerprint density at radius 2 is 1.90 bits per heavy atom. The second kappa shape index (κ2) is 9.28. The minimum Gasteiger partial charge on any atom is -0.315 e. The summed E-state index contributed by atoms with van der Waals surface area (Å²) in [6.07, 6.45) is 1.91. The molecule has 3 rings (SSSR count). The zero-order chi connectivity index (χ0) is 21.0. The summed E-state index contributed by atoms with van der Waals surface area (Å²) in [4.78, 5) is 17.6. The average molecular weight is 449 g/mol. The van der Waals surface area contributed by atoms with E-state index in [-0.39, 0.29) is 17.1 Å². The summed E-state index contributed by atoms with van der Waals surface area (Å²) in [6.45, 7) is 4.86. The molecule has 29 heavy (non-hydrogen) atoms. The molecular weight excluding hydrogens is 424 g/mol. The van der Waals surface area contributed by atoms with Crippen molar-refractivity contribution in [3.8, 4) is 0 Å². The average Bonchev–Trinajstić information content (AvgIpc) is 3.03. The van der Waals surface area contributed by atoms with Crippen molar-refractivity contribution in [1.29, 1.82) is 0 Å². The van der Waals surface area contributed by atoms with Crippen molar-refractivity contribution in [2.75, 3.05) is 17.8 Å². The Morgan fingerprint density at radius 1 is 1.17 bits per heavy atom. The van der Waals surface area contributed by atoms with Gasteiger partial charge in [0.2, 0.25) is 5.91 Å². The van der Waals surface area contributed by atoms with E-state index in [1.54, 1.807) is 42.1 Å². The first kappa shape index (κ1) is 21.8. The van der Waals surface area contributed by atoms with Crippen LogP contribution in [0, 0.1) is 13.8 Å². The molecule has 0 bridgehead atoms. The Kier molecular flexibility index (Phi) is 6.97. The fraction of sp³-hybridized carbons (Fsp3) is 0.333. The Balaban J connectivity index is 1.90. The minimum atomic E-state index is -3.50. The van der Waals surface area contributed by atoms with Crippen LogP contribution in [0.4, 0.5) is 0 Å². The van der Waals surface area contributed by atoms with Crippen LogP contribution in [0.15, 0.2) is 52.4 Å². The van der Waals surface area contributed by atoms with E-state index in [1.165, 1.54) is 11.3 Å². The molecule has 0 aliphatic heterocycles. The first-order valence-corrected chi connectivity index (χ1v) is 13.1. The largest absolute Gasteiger partial charge is 0.315 e. The maximum absolute atomic E-state index is 12.5. The van der Waals surface area contributed by atoms with Crippen LogP contribution < -0.4 is 4.80 Å². The van der Waals surface area contributed by atoms with Gasteiger partial charge < -0.3 is 4.57 Å². The number of fused-ring (bicyclic) bond motifs is 1. The third kappa shape index (κ3) is 5.18. The lowest BCUT2D eigenvalue weighted by Gasteiger charge is -2.06. The number of rotatable bonds is 7. The minimum absolute atomic E-state index is 0.133. The number of sulfone groups is 1. The molecule has 1 amide bonds. The zero-order valence-electron chi connectivity index (χ0n) is 16.7. The molecule has 2 aromatic carbocycles. The number of aryl methyl sites for hydroxylation is 3. The van der Waals surface area contributed by atoms with Crippen LogP contribution in [-0.4, -0.2) is 36.7 Å². The Bertz CT molecular complexity index is 1190. The summed E-state index contributed by atoms with van der Waals surface area (Å²) >= 11 is 3.22. The topological polar surface area (TPSA) is 68.5 Å².